The maximum atomic E-state index is 11.6. The van der Waals surface area contributed by atoms with E-state index in [1.807, 2.05) is 0 Å². The van der Waals surface area contributed by atoms with Crippen molar-refractivity contribution in [2.24, 2.45) is 5.92 Å². The normalized spacial score (nSPS) is 17.7. The molecule has 116 valence electrons. The van der Waals surface area contributed by atoms with Crippen molar-refractivity contribution in [3.63, 3.8) is 0 Å². The van der Waals surface area contributed by atoms with Gasteiger partial charge in [0.25, 0.3) is 0 Å². The zero-order chi connectivity index (χ0) is 15.2. The first-order chi connectivity index (χ1) is 10.2. The smallest absolute Gasteiger partial charge is 0.203 e. The first-order valence-electron chi connectivity index (χ1n) is 7.15. The molecule has 0 bridgehead atoms. The highest BCUT2D eigenvalue weighted by Gasteiger charge is 2.24. The summed E-state index contributed by atoms with van der Waals surface area (Å²) in [6.07, 6.45) is 3.47. The van der Waals surface area contributed by atoms with Crippen LogP contribution < -0.4 is 18.9 Å². The Morgan fingerprint density at radius 3 is 2.24 bits per heavy atom. The quantitative estimate of drug-likeness (QED) is 0.774. The van der Waals surface area contributed by atoms with Crippen molar-refractivity contribution >= 4 is 5.78 Å². The summed E-state index contributed by atoms with van der Waals surface area (Å²) in [6, 6.07) is 3.52. The second-order valence-electron chi connectivity index (χ2n) is 5.05. The lowest BCUT2D eigenvalue weighted by atomic mass is 10.0. The lowest BCUT2D eigenvalue weighted by Gasteiger charge is -2.15. The van der Waals surface area contributed by atoms with E-state index in [1.165, 1.54) is 0 Å². The number of rotatable bonds is 7. The third-order valence-electron chi connectivity index (χ3n) is 3.80. The zero-order valence-corrected chi connectivity index (χ0v) is 12.8. The fraction of sp³-hybridized carbons (Fsp3) is 0.562. The molecular formula is C16H22O5. The number of hydrogen-bond acceptors (Lipinski definition) is 5. The van der Waals surface area contributed by atoms with Crippen LogP contribution in [0.25, 0.3) is 0 Å². The van der Waals surface area contributed by atoms with Crippen LogP contribution in [0.15, 0.2) is 12.1 Å². The van der Waals surface area contributed by atoms with Crippen molar-refractivity contribution in [1.29, 1.82) is 0 Å². The fourth-order valence-corrected chi connectivity index (χ4v) is 2.65. The van der Waals surface area contributed by atoms with Crippen LogP contribution in [0, 0.1) is 5.92 Å². The Balaban J connectivity index is 2.01. The number of Topliss-reactive ketones (excluding diaryl/α,β-unsaturated/α-hetero) is 1. The molecule has 1 aromatic rings. The Hall–Kier alpha value is -1.91. The lowest BCUT2D eigenvalue weighted by Crippen LogP contribution is -2.11. The number of carbonyl (C=O) groups is 1. The van der Waals surface area contributed by atoms with Crippen LogP contribution in [0.4, 0.5) is 0 Å². The number of ketones is 1. The number of ether oxygens (including phenoxy) is 4. The van der Waals surface area contributed by atoms with E-state index >= 15 is 0 Å². The number of benzene rings is 1. The van der Waals surface area contributed by atoms with Crippen LogP contribution in [0.3, 0.4) is 0 Å². The van der Waals surface area contributed by atoms with E-state index in [-0.39, 0.29) is 5.92 Å². The van der Waals surface area contributed by atoms with Gasteiger partial charge < -0.3 is 18.9 Å². The van der Waals surface area contributed by atoms with Gasteiger partial charge in [-0.25, -0.2) is 0 Å². The Bertz CT molecular complexity index is 472. The molecule has 0 heterocycles. The number of carbonyl (C=O) groups excluding carboxylic acids is 1. The van der Waals surface area contributed by atoms with Gasteiger partial charge in [-0.2, -0.15) is 0 Å². The van der Waals surface area contributed by atoms with Crippen molar-refractivity contribution in [2.45, 2.75) is 25.7 Å². The SMILES string of the molecule is COc1cc(OCCC2CCCC2=O)cc(OC)c1OC. The molecule has 5 heteroatoms. The molecule has 1 saturated carbocycles. The molecule has 1 fully saturated rings. The predicted octanol–water partition coefficient (Wildman–Crippen LogP) is 2.85. The Morgan fingerprint density at radius 1 is 1.10 bits per heavy atom. The second kappa shape index (κ2) is 7.20. The summed E-state index contributed by atoms with van der Waals surface area (Å²) in [5.74, 6) is 2.83. The summed E-state index contributed by atoms with van der Waals surface area (Å²) < 4.78 is 21.6. The minimum Gasteiger partial charge on any atom is -0.493 e. The predicted molar refractivity (Wildman–Crippen MR) is 78.6 cm³/mol. The fourth-order valence-electron chi connectivity index (χ4n) is 2.65. The van der Waals surface area contributed by atoms with Gasteiger partial charge in [-0.15, -0.1) is 0 Å². The van der Waals surface area contributed by atoms with E-state index < -0.39 is 0 Å². The molecular weight excluding hydrogens is 272 g/mol. The molecule has 0 N–H and O–H groups in total. The Kier molecular flexibility index (Phi) is 5.31. The molecule has 21 heavy (non-hydrogen) atoms. The molecule has 5 nitrogen and oxygen atoms in total. The second-order valence-corrected chi connectivity index (χ2v) is 5.05. The Labute approximate surface area is 125 Å². The minimum absolute atomic E-state index is 0.159. The average Bonchev–Trinajstić information content (AvgIpc) is 2.91. The molecule has 0 spiro atoms. The van der Waals surface area contributed by atoms with Crippen molar-refractivity contribution in [1.82, 2.24) is 0 Å². The van der Waals surface area contributed by atoms with Gasteiger partial charge in [-0.05, 0) is 19.3 Å². The van der Waals surface area contributed by atoms with Gasteiger partial charge in [-0.1, -0.05) is 0 Å². The molecule has 0 amide bonds. The van der Waals surface area contributed by atoms with Crippen LogP contribution in [-0.2, 0) is 4.79 Å². The van der Waals surface area contributed by atoms with Gasteiger partial charge in [0.15, 0.2) is 11.5 Å². The van der Waals surface area contributed by atoms with Crippen LogP contribution in [0.1, 0.15) is 25.7 Å². The first kappa shape index (κ1) is 15.5. The number of methoxy groups -OCH3 is 3. The summed E-state index contributed by atoms with van der Waals surface area (Å²) in [5, 5.41) is 0. The van der Waals surface area contributed by atoms with Crippen LogP contribution in [-0.4, -0.2) is 33.7 Å². The zero-order valence-electron chi connectivity index (χ0n) is 12.8. The summed E-state index contributed by atoms with van der Waals surface area (Å²) in [7, 11) is 4.70. The maximum Gasteiger partial charge on any atom is 0.203 e. The van der Waals surface area contributed by atoms with Gasteiger partial charge >= 0.3 is 0 Å². The highest BCUT2D eigenvalue weighted by Crippen LogP contribution is 2.40. The minimum atomic E-state index is 0.159. The third kappa shape index (κ3) is 3.60. The van der Waals surface area contributed by atoms with E-state index in [9.17, 15) is 4.79 Å². The summed E-state index contributed by atoms with van der Waals surface area (Å²) in [6.45, 7) is 0.509. The lowest BCUT2D eigenvalue weighted by molar-refractivity contribution is -0.121. The molecule has 0 aliphatic heterocycles. The van der Waals surface area contributed by atoms with Gasteiger partial charge in [0.2, 0.25) is 5.75 Å². The van der Waals surface area contributed by atoms with Gasteiger partial charge in [0.1, 0.15) is 11.5 Å². The molecule has 1 atom stereocenters. The molecule has 0 radical (unpaired) electrons. The molecule has 1 aliphatic carbocycles. The van der Waals surface area contributed by atoms with Crippen molar-refractivity contribution in [3.8, 4) is 23.0 Å². The average molecular weight is 294 g/mol. The van der Waals surface area contributed by atoms with Crippen LogP contribution in [0.2, 0.25) is 0 Å². The van der Waals surface area contributed by atoms with E-state index in [0.717, 1.165) is 25.7 Å². The molecule has 1 aromatic carbocycles. The molecule has 0 aromatic heterocycles. The largest absolute Gasteiger partial charge is 0.493 e. The molecule has 1 aliphatic rings. The van der Waals surface area contributed by atoms with E-state index in [2.05, 4.69) is 0 Å². The van der Waals surface area contributed by atoms with Crippen LogP contribution >= 0.6 is 0 Å². The van der Waals surface area contributed by atoms with E-state index in [4.69, 9.17) is 18.9 Å². The van der Waals surface area contributed by atoms with Crippen molar-refractivity contribution in [3.05, 3.63) is 12.1 Å². The Morgan fingerprint density at radius 2 is 1.76 bits per heavy atom. The highest BCUT2D eigenvalue weighted by molar-refractivity contribution is 5.82. The monoisotopic (exact) mass is 294 g/mol. The summed E-state index contributed by atoms with van der Waals surface area (Å²) in [4.78, 5) is 11.6. The molecule has 2 rings (SSSR count). The first-order valence-corrected chi connectivity index (χ1v) is 7.15. The molecule has 1 unspecified atom stereocenters. The maximum absolute atomic E-state index is 11.6. The van der Waals surface area contributed by atoms with E-state index in [0.29, 0.717) is 35.4 Å². The van der Waals surface area contributed by atoms with Gasteiger partial charge in [-0.3, -0.25) is 4.79 Å². The summed E-state index contributed by atoms with van der Waals surface area (Å²) in [5.41, 5.74) is 0. The molecule has 0 saturated heterocycles. The van der Waals surface area contributed by atoms with Gasteiger partial charge in [0, 0.05) is 24.5 Å². The van der Waals surface area contributed by atoms with Crippen molar-refractivity contribution < 1.29 is 23.7 Å². The number of hydrogen-bond donors (Lipinski definition) is 0. The van der Waals surface area contributed by atoms with Gasteiger partial charge in [0.05, 0.1) is 27.9 Å². The van der Waals surface area contributed by atoms with Crippen molar-refractivity contribution in [2.75, 3.05) is 27.9 Å². The third-order valence-corrected chi connectivity index (χ3v) is 3.80. The summed E-state index contributed by atoms with van der Waals surface area (Å²) >= 11 is 0. The van der Waals surface area contributed by atoms with Crippen LogP contribution in [0.5, 0.6) is 23.0 Å². The standard InChI is InChI=1S/C16H22O5/c1-18-14-9-12(10-15(19-2)16(14)20-3)21-8-7-11-5-4-6-13(11)17/h9-11H,4-8H2,1-3H3. The van der Waals surface area contributed by atoms with E-state index in [1.54, 1.807) is 33.5 Å². The topological polar surface area (TPSA) is 54.0 Å². The highest BCUT2D eigenvalue weighted by atomic mass is 16.5.